The molecule has 9 aromatic carbocycles. The van der Waals surface area contributed by atoms with Gasteiger partial charge in [-0.2, -0.15) is 0 Å². The van der Waals surface area contributed by atoms with Crippen molar-refractivity contribution >= 4 is 49.6 Å². The molecule has 0 aliphatic heterocycles. The third kappa shape index (κ3) is 5.36. The Bertz CT molecular complexity index is 2920. The van der Waals surface area contributed by atoms with Gasteiger partial charge in [-0.3, -0.25) is 0 Å². The van der Waals surface area contributed by atoms with Crippen molar-refractivity contribution in [3.8, 4) is 39.1 Å². The molecule has 0 saturated carbocycles. The van der Waals surface area contributed by atoms with E-state index in [-0.39, 0.29) is 0 Å². The molecular formula is C52H36N2. The Kier molecular flexibility index (Phi) is 7.85. The van der Waals surface area contributed by atoms with Gasteiger partial charge in [0, 0.05) is 27.6 Å². The first-order chi connectivity index (χ1) is 26.8. The fourth-order valence-electron chi connectivity index (χ4n) is 8.18. The van der Waals surface area contributed by atoms with E-state index in [4.69, 9.17) is 0 Å². The highest BCUT2D eigenvalue weighted by Gasteiger charge is 2.24. The summed E-state index contributed by atoms with van der Waals surface area (Å²) in [5, 5.41) is 4.89. The van der Waals surface area contributed by atoms with Crippen LogP contribution in [-0.2, 0) is 0 Å². The Morgan fingerprint density at radius 3 is 1.69 bits per heavy atom. The largest absolute Gasteiger partial charge is 0.309 e. The van der Waals surface area contributed by atoms with Crippen LogP contribution in [0.3, 0.4) is 0 Å². The van der Waals surface area contributed by atoms with Crippen LogP contribution in [0.4, 0.5) is 17.1 Å². The van der Waals surface area contributed by atoms with E-state index in [9.17, 15) is 0 Å². The van der Waals surface area contributed by atoms with Gasteiger partial charge < -0.3 is 9.47 Å². The molecule has 10 aromatic rings. The molecule has 0 radical (unpaired) electrons. The van der Waals surface area contributed by atoms with Gasteiger partial charge in [-0.15, -0.1) is 0 Å². The lowest BCUT2D eigenvalue weighted by Crippen LogP contribution is -2.11. The summed E-state index contributed by atoms with van der Waals surface area (Å²) in [6.45, 7) is 0. The smallest absolute Gasteiger partial charge is 0.0562 e. The lowest BCUT2D eigenvalue weighted by Gasteiger charge is -2.28. The maximum atomic E-state index is 2.48. The Morgan fingerprint density at radius 2 is 0.889 bits per heavy atom. The van der Waals surface area contributed by atoms with Gasteiger partial charge in [0.25, 0.3) is 0 Å². The monoisotopic (exact) mass is 688 g/mol. The molecule has 0 aliphatic carbocycles. The number of aromatic nitrogens is 1. The van der Waals surface area contributed by atoms with Crippen molar-refractivity contribution in [3.63, 3.8) is 0 Å². The second-order valence-electron chi connectivity index (χ2n) is 13.7. The summed E-state index contributed by atoms with van der Waals surface area (Å²) in [6.07, 6.45) is 0. The van der Waals surface area contributed by atoms with Gasteiger partial charge >= 0.3 is 0 Å². The highest BCUT2D eigenvalue weighted by Crippen LogP contribution is 2.47. The number of nitrogens with zero attached hydrogens (tertiary/aromatic N) is 2. The molecule has 1 heterocycles. The van der Waals surface area contributed by atoms with Crippen LogP contribution in [0.15, 0.2) is 218 Å². The van der Waals surface area contributed by atoms with Crippen LogP contribution in [0, 0.1) is 0 Å². The van der Waals surface area contributed by atoms with E-state index < -0.39 is 0 Å². The Labute approximate surface area is 315 Å². The van der Waals surface area contributed by atoms with E-state index in [2.05, 4.69) is 228 Å². The van der Waals surface area contributed by atoms with Gasteiger partial charge in [0.1, 0.15) is 0 Å². The van der Waals surface area contributed by atoms with Crippen molar-refractivity contribution in [3.05, 3.63) is 218 Å². The van der Waals surface area contributed by atoms with Crippen LogP contribution >= 0.6 is 0 Å². The van der Waals surface area contributed by atoms with Gasteiger partial charge in [0.2, 0.25) is 0 Å². The summed E-state index contributed by atoms with van der Waals surface area (Å²) in [5.41, 5.74) is 14.0. The van der Waals surface area contributed by atoms with Gasteiger partial charge in [-0.25, -0.2) is 0 Å². The predicted molar refractivity (Wildman–Crippen MR) is 229 cm³/mol. The highest BCUT2D eigenvalue weighted by molar-refractivity contribution is 6.17. The first kappa shape index (κ1) is 31.6. The molecule has 0 atom stereocenters. The summed E-state index contributed by atoms with van der Waals surface area (Å²) in [7, 11) is 0. The molecule has 2 heteroatoms. The second kappa shape index (κ2) is 13.4. The molecule has 0 saturated heterocycles. The molecule has 10 rings (SSSR count). The zero-order valence-electron chi connectivity index (χ0n) is 29.7. The topological polar surface area (TPSA) is 8.17 Å². The number of hydrogen-bond donors (Lipinski definition) is 0. The molecule has 2 nitrogen and oxygen atoms in total. The van der Waals surface area contributed by atoms with Gasteiger partial charge in [-0.1, -0.05) is 176 Å². The van der Waals surface area contributed by atoms with Crippen molar-refractivity contribution in [1.29, 1.82) is 0 Å². The zero-order chi connectivity index (χ0) is 35.8. The molecule has 0 aliphatic rings. The Morgan fingerprint density at radius 1 is 0.333 bits per heavy atom. The van der Waals surface area contributed by atoms with Crippen LogP contribution in [-0.4, -0.2) is 4.57 Å². The van der Waals surface area contributed by atoms with E-state index in [0.717, 1.165) is 33.8 Å². The van der Waals surface area contributed by atoms with Crippen molar-refractivity contribution in [2.75, 3.05) is 4.90 Å². The Balaban J connectivity index is 1.28. The molecule has 0 bridgehead atoms. The molecule has 0 N–H and O–H groups in total. The number of hydrogen-bond acceptors (Lipinski definition) is 1. The minimum Gasteiger partial charge on any atom is -0.309 e. The second-order valence-corrected chi connectivity index (χ2v) is 13.7. The molecule has 0 fully saturated rings. The van der Waals surface area contributed by atoms with Crippen LogP contribution in [0.2, 0.25) is 0 Å². The van der Waals surface area contributed by atoms with E-state index in [1.807, 2.05) is 0 Å². The predicted octanol–water partition coefficient (Wildman–Crippen LogP) is 14.4. The van der Waals surface area contributed by atoms with Crippen molar-refractivity contribution in [2.45, 2.75) is 0 Å². The third-order valence-electron chi connectivity index (χ3n) is 10.6. The number of anilines is 3. The molecule has 0 spiro atoms. The lowest BCUT2D eigenvalue weighted by molar-refractivity contribution is 1.18. The summed E-state index contributed by atoms with van der Waals surface area (Å²) < 4.78 is 2.48. The Hall–Kier alpha value is -7.16. The summed E-state index contributed by atoms with van der Waals surface area (Å²) >= 11 is 0. The standard InChI is InChI=1S/C52H36N2/c1-4-18-38(19-5-1)44-27-12-14-30-47(44)53(41-24-8-3-9-25-41)49-32-17-33-50-52(49)46-28-13-15-31-48(46)54(50)51-36-40(34-35-45(51)39-20-6-2-7-21-39)43-29-16-23-37-22-10-11-26-42(37)43/h1-36H. The maximum Gasteiger partial charge on any atom is 0.0562 e. The zero-order valence-corrected chi connectivity index (χ0v) is 29.7. The number of para-hydroxylation sites is 3. The van der Waals surface area contributed by atoms with Crippen LogP contribution in [0.25, 0.3) is 71.6 Å². The number of rotatable bonds is 7. The minimum absolute atomic E-state index is 1.10. The molecular weight excluding hydrogens is 653 g/mol. The molecule has 54 heavy (non-hydrogen) atoms. The van der Waals surface area contributed by atoms with E-state index in [1.165, 1.54) is 54.9 Å². The van der Waals surface area contributed by atoms with Crippen LogP contribution in [0.1, 0.15) is 0 Å². The van der Waals surface area contributed by atoms with Crippen molar-refractivity contribution < 1.29 is 0 Å². The van der Waals surface area contributed by atoms with Crippen LogP contribution < -0.4 is 4.90 Å². The highest BCUT2D eigenvalue weighted by atomic mass is 15.2. The average Bonchev–Trinajstić information content (AvgIpc) is 3.59. The molecule has 0 unspecified atom stereocenters. The van der Waals surface area contributed by atoms with Crippen LogP contribution in [0.5, 0.6) is 0 Å². The normalized spacial score (nSPS) is 11.3. The summed E-state index contributed by atoms with van der Waals surface area (Å²) in [5.74, 6) is 0. The van der Waals surface area contributed by atoms with Gasteiger partial charge in [0.15, 0.2) is 0 Å². The maximum absolute atomic E-state index is 2.48. The first-order valence-electron chi connectivity index (χ1n) is 18.5. The SMILES string of the molecule is c1ccc(-c2ccccc2N(c2ccccc2)c2cccc3c2c2ccccc2n3-c2cc(-c3cccc4ccccc34)ccc2-c2ccccc2)cc1. The average molecular weight is 689 g/mol. The molecule has 1 aromatic heterocycles. The number of benzene rings is 9. The summed E-state index contributed by atoms with van der Waals surface area (Å²) in [4.78, 5) is 2.44. The third-order valence-corrected chi connectivity index (χ3v) is 10.6. The minimum atomic E-state index is 1.10. The quantitative estimate of drug-likeness (QED) is 0.162. The van der Waals surface area contributed by atoms with Crippen molar-refractivity contribution in [1.82, 2.24) is 4.57 Å². The van der Waals surface area contributed by atoms with Crippen molar-refractivity contribution in [2.24, 2.45) is 0 Å². The van der Waals surface area contributed by atoms with E-state index in [1.54, 1.807) is 0 Å². The van der Waals surface area contributed by atoms with Gasteiger partial charge in [-0.05, 0) is 75.5 Å². The van der Waals surface area contributed by atoms with E-state index >= 15 is 0 Å². The fourth-order valence-corrected chi connectivity index (χ4v) is 8.18. The van der Waals surface area contributed by atoms with E-state index in [0.29, 0.717) is 0 Å². The molecule has 254 valence electrons. The van der Waals surface area contributed by atoms with Gasteiger partial charge in [0.05, 0.1) is 28.1 Å². The summed E-state index contributed by atoms with van der Waals surface area (Å²) in [6, 6.07) is 78.9. The number of fused-ring (bicyclic) bond motifs is 4. The molecule has 0 amide bonds. The lowest BCUT2D eigenvalue weighted by atomic mass is 9.94. The first-order valence-corrected chi connectivity index (χ1v) is 18.5. The fraction of sp³-hybridized carbons (Fsp3) is 0.